The van der Waals surface area contributed by atoms with Crippen molar-refractivity contribution in [2.24, 2.45) is 0 Å². The number of aromatic nitrogens is 1. The molecule has 0 bridgehead atoms. The maximum atomic E-state index is 2.40. The van der Waals surface area contributed by atoms with Gasteiger partial charge in [-0.05, 0) is 30.7 Å². The van der Waals surface area contributed by atoms with E-state index in [4.69, 9.17) is 0 Å². The molecule has 5 aromatic rings. The number of para-hydroxylation sites is 2. The zero-order valence-electron chi connectivity index (χ0n) is 14.7. The Balaban J connectivity index is 1.96. The second-order valence-electron chi connectivity index (χ2n) is 6.76. The van der Waals surface area contributed by atoms with E-state index < -0.39 is 0 Å². The van der Waals surface area contributed by atoms with Gasteiger partial charge in [0.2, 0.25) is 0 Å². The summed E-state index contributed by atoms with van der Waals surface area (Å²) in [5.74, 6) is 0. The molecule has 4 aromatic carbocycles. The zero-order valence-corrected chi connectivity index (χ0v) is 14.7. The molecule has 0 saturated carbocycles. The van der Waals surface area contributed by atoms with Gasteiger partial charge in [0.05, 0.1) is 11.0 Å². The first-order valence-electron chi connectivity index (χ1n) is 8.97. The summed E-state index contributed by atoms with van der Waals surface area (Å²) in [6.45, 7) is 2.13. The third-order valence-electron chi connectivity index (χ3n) is 5.07. The smallest absolute Gasteiger partial charge is 0.0619 e. The van der Waals surface area contributed by atoms with Gasteiger partial charge in [-0.2, -0.15) is 0 Å². The summed E-state index contributed by atoms with van der Waals surface area (Å²) >= 11 is 0. The molecule has 5 rings (SSSR count). The molecule has 1 nitrogen and oxygen atoms in total. The summed E-state index contributed by atoms with van der Waals surface area (Å²) in [6.07, 6.45) is 0. The van der Waals surface area contributed by atoms with Crippen LogP contribution in [0.3, 0.4) is 0 Å². The molecule has 0 unspecified atom stereocenters. The lowest BCUT2D eigenvalue weighted by Gasteiger charge is -2.12. The van der Waals surface area contributed by atoms with Crippen molar-refractivity contribution >= 4 is 21.8 Å². The molecule has 0 spiro atoms. The average Bonchev–Trinajstić information content (AvgIpc) is 3.04. The molecule has 1 heterocycles. The lowest BCUT2D eigenvalue weighted by Crippen LogP contribution is -1.95. The highest BCUT2D eigenvalue weighted by molar-refractivity contribution is 6.13. The van der Waals surface area contributed by atoms with Crippen molar-refractivity contribution in [2.45, 2.75) is 6.92 Å². The molecule has 0 aliphatic carbocycles. The predicted octanol–water partition coefficient (Wildman–Crippen LogP) is 6.76. The Morgan fingerprint density at radius 2 is 1.27 bits per heavy atom. The van der Waals surface area contributed by atoms with Crippen molar-refractivity contribution in [1.29, 1.82) is 0 Å². The Bertz CT molecular complexity index is 1210. The topological polar surface area (TPSA) is 4.93 Å². The van der Waals surface area contributed by atoms with Gasteiger partial charge in [-0.3, -0.25) is 0 Å². The molecular formula is C25H19N. The van der Waals surface area contributed by atoms with Crippen LogP contribution < -0.4 is 0 Å². The van der Waals surface area contributed by atoms with Crippen LogP contribution in [0.1, 0.15) is 5.56 Å². The minimum Gasteiger partial charge on any atom is -0.309 e. The largest absolute Gasteiger partial charge is 0.309 e. The van der Waals surface area contributed by atoms with Gasteiger partial charge in [0, 0.05) is 22.0 Å². The van der Waals surface area contributed by atoms with Crippen LogP contribution in [0.2, 0.25) is 0 Å². The molecule has 0 N–H and O–H groups in total. The van der Waals surface area contributed by atoms with Crippen LogP contribution in [-0.4, -0.2) is 4.57 Å². The minimum absolute atomic E-state index is 1.20. The molecule has 0 aliphatic heterocycles. The minimum atomic E-state index is 1.20. The molecule has 26 heavy (non-hydrogen) atoms. The van der Waals surface area contributed by atoms with E-state index in [1.165, 1.54) is 44.2 Å². The first-order chi connectivity index (χ1) is 12.8. The third-order valence-corrected chi connectivity index (χ3v) is 5.07. The van der Waals surface area contributed by atoms with E-state index in [1.807, 2.05) is 0 Å². The van der Waals surface area contributed by atoms with E-state index in [-0.39, 0.29) is 0 Å². The fourth-order valence-electron chi connectivity index (χ4n) is 3.83. The van der Waals surface area contributed by atoms with Crippen molar-refractivity contribution in [3.8, 4) is 16.8 Å². The third kappa shape index (κ3) is 2.25. The normalized spacial score (nSPS) is 11.3. The number of fused-ring (bicyclic) bond motifs is 3. The van der Waals surface area contributed by atoms with Crippen LogP contribution in [0.4, 0.5) is 0 Å². The van der Waals surface area contributed by atoms with Crippen LogP contribution in [0.25, 0.3) is 38.6 Å². The van der Waals surface area contributed by atoms with Crippen LogP contribution >= 0.6 is 0 Å². The van der Waals surface area contributed by atoms with Gasteiger partial charge >= 0.3 is 0 Å². The van der Waals surface area contributed by atoms with E-state index in [0.29, 0.717) is 0 Å². The summed E-state index contributed by atoms with van der Waals surface area (Å²) in [5.41, 5.74) is 7.50. The molecule has 1 heteroatoms. The second kappa shape index (κ2) is 5.89. The van der Waals surface area contributed by atoms with Crippen molar-refractivity contribution in [2.75, 3.05) is 0 Å². The molecule has 0 radical (unpaired) electrons. The van der Waals surface area contributed by atoms with Gasteiger partial charge in [0.25, 0.3) is 0 Å². The Kier molecular flexibility index (Phi) is 3.39. The maximum Gasteiger partial charge on any atom is 0.0619 e. The van der Waals surface area contributed by atoms with Gasteiger partial charge < -0.3 is 4.57 Å². The monoisotopic (exact) mass is 333 g/mol. The van der Waals surface area contributed by atoms with Crippen molar-refractivity contribution in [3.05, 3.63) is 103 Å². The van der Waals surface area contributed by atoms with E-state index in [0.717, 1.165) is 0 Å². The molecule has 0 aliphatic rings. The molecule has 0 atom stereocenters. The number of rotatable bonds is 2. The standard InChI is InChI=1S/C25H19N/c1-18-14-16-20(17-15-18)26-24-13-6-5-10-22(24)23-12-7-11-21(25(23)26)19-8-3-2-4-9-19/h2-17H,1H3. The van der Waals surface area contributed by atoms with Gasteiger partial charge in [-0.25, -0.2) is 0 Å². The number of hydrogen-bond acceptors (Lipinski definition) is 0. The molecule has 0 saturated heterocycles. The highest BCUT2D eigenvalue weighted by atomic mass is 15.0. The molecule has 1 aromatic heterocycles. The van der Waals surface area contributed by atoms with Crippen LogP contribution in [0, 0.1) is 6.92 Å². The predicted molar refractivity (Wildman–Crippen MR) is 111 cm³/mol. The average molecular weight is 333 g/mol. The zero-order chi connectivity index (χ0) is 17.5. The van der Waals surface area contributed by atoms with Gasteiger partial charge in [-0.15, -0.1) is 0 Å². The van der Waals surface area contributed by atoms with Crippen molar-refractivity contribution < 1.29 is 0 Å². The summed E-state index contributed by atoms with van der Waals surface area (Å²) in [6, 6.07) is 34.7. The van der Waals surface area contributed by atoms with E-state index in [1.54, 1.807) is 0 Å². The molecule has 0 fully saturated rings. The molecule has 0 amide bonds. The number of benzene rings is 4. The van der Waals surface area contributed by atoms with Gasteiger partial charge in [0.15, 0.2) is 0 Å². The van der Waals surface area contributed by atoms with Gasteiger partial charge in [0.1, 0.15) is 0 Å². The quantitative estimate of drug-likeness (QED) is 0.336. The molecular weight excluding hydrogens is 314 g/mol. The Morgan fingerprint density at radius 1 is 0.577 bits per heavy atom. The Labute approximate surface area is 153 Å². The van der Waals surface area contributed by atoms with Crippen molar-refractivity contribution in [3.63, 3.8) is 0 Å². The van der Waals surface area contributed by atoms with E-state index in [2.05, 4.69) is 109 Å². The van der Waals surface area contributed by atoms with Crippen LogP contribution in [0.15, 0.2) is 97.1 Å². The lowest BCUT2D eigenvalue weighted by molar-refractivity contribution is 1.18. The number of nitrogens with zero attached hydrogens (tertiary/aromatic N) is 1. The molecule has 124 valence electrons. The number of aryl methyl sites for hydroxylation is 1. The van der Waals surface area contributed by atoms with E-state index in [9.17, 15) is 0 Å². The summed E-state index contributed by atoms with van der Waals surface area (Å²) in [7, 11) is 0. The van der Waals surface area contributed by atoms with E-state index >= 15 is 0 Å². The fraction of sp³-hybridized carbons (Fsp3) is 0.0400. The highest BCUT2D eigenvalue weighted by Crippen LogP contribution is 2.37. The highest BCUT2D eigenvalue weighted by Gasteiger charge is 2.15. The summed E-state index contributed by atoms with van der Waals surface area (Å²) < 4.78 is 2.40. The number of hydrogen-bond donors (Lipinski definition) is 0. The fourth-order valence-corrected chi connectivity index (χ4v) is 3.83. The maximum absolute atomic E-state index is 2.40. The lowest BCUT2D eigenvalue weighted by atomic mass is 10.0. The summed E-state index contributed by atoms with van der Waals surface area (Å²) in [5, 5.41) is 2.59. The van der Waals surface area contributed by atoms with Crippen LogP contribution in [0.5, 0.6) is 0 Å². The van der Waals surface area contributed by atoms with Gasteiger partial charge in [-0.1, -0.05) is 84.4 Å². The first kappa shape index (κ1) is 15.0. The second-order valence-corrected chi connectivity index (χ2v) is 6.76. The Hall–Kier alpha value is -3.32. The Morgan fingerprint density at radius 3 is 2.08 bits per heavy atom. The SMILES string of the molecule is Cc1ccc(-n2c3ccccc3c3cccc(-c4ccccc4)c32)cc1. The first-order valence-corrected chi connectivity index (χ1v) is 8.97. The van der Waals surface area contributed by atoms with Crippen molar-refractivity contribution in [1.82, 2.24) is 4.57 Å². The summed E-state index contributed by atoms with van der Waals surface area (Å²) in [4.78, 5) is 0. The van der Waals surface area contributed by atoms with Crippen LogP contribution in [-0.2, 0) is 0 Å².